The Bertz CT molecular complexity index is 553. The van der Waals surface area contributed by atoms with Crippen molar-refractivity contribution in [2.24, 2.45) is 11.8 Å². The van der Waals surface area contributed by atoms with Crippen molar-refractivity contribution in [1.82, 2.24) is 10.2 Å². The Morgan fingerprint density at radius 3 is 2.52 bits per heavy atom. The Hall–Kier alpha value is -1.46. The quantitative estimate of drug-likeness (QED) is 0.871. The number of carbonyl (C=O) groups is 1. The average Bonchev–Trinajstić information content (AvgIpc) is 3.27. The molecular weight excluding hydrogens is 295 g/mol. The lowest BCUT2D eigenvalue weighted by Gasteiger charge is -2.38. The molecule has 0 aromatic heterocycles. The van der Waals surface area contributed by atoms with Crippen LogP contribution in [0.1, 0.15) is 31.7 Å². The van der Waals surface area contributed by atoms with Crippen LogP contribution < -0.4 is 5.32 Å². The molecule has 0 radical (unpaired) electrons. The monoisotopic (exact) mass is 320 g/mol. The number of hydrogen-bond acceptors (Lipinski definition) is 3. The summed E-state index contributed by atoms with van der Waals surface area (Å²) in [5, 5.41) is 13.8. The molecule has 126 valence electrons. The third-order valence-electron chi connectivity index (χ3n) is 5.24. The Labute approximate surface area is 136 Å². The first-order chi connectivity index (χ1) is 11.0. The lowest BCUT2D eigenvalue weighted by molar-refractivity contribution is -0.122. The van der Waals surface area contributed by atoms with Gasteiger partial charge in [0, 0.05) is 32.1 Å². The number of carbonyl (C=O) groups excluding carboxylic acids is 1. The highest BCUT2D eigenvalue weighted by atomic mass is 19.1. The van der Waals surface area contributed by atoms with E-state index in [9.17, 15) is 14.3 Å². The number of likely N-dealkylation sites (tertiary alicyclic amines) is 1. The SMILES string of the molecule is C[C@@H]1C[C@@H]1C(=O)NCCN1CCC(O)(c2ccc(F)cc2)CC1. The molecule has 1 amide bonds. The zero-order valence-corrected chi connectivity index (χ0v) is 13.6. The number of benzene rings is 1. The van der Waals surface area contributed by atoms with Crippen LogP contribution in [-0.4, -0.2) is 42.1 Å². The van der Waals surface area contributed by atoms with E-state index in [1.165, 1.54) is 12.1 Å². The van der Waals surface area contributed by atoms with Crippen molar-refractivity contribution in [2.75, 3.05) is 26.2 Å². The van der Waals surface area contributed by atoms with Gasteiger partial charge in [-0.2, -0.15) is 0 Å². The van der Waals surface area contributed by atoms with Gasteiger partial charge in [-0.15, -0.1) is 0 Å². The zero-order chi connectivity index (χ0) is 16.4. The van der Waals surface area contributed by atoms with Gasteiger partial charge < -0.3 is 15.3 Å². The number of aliphatic hydroxyl groups is 1. The molecule has 2 atom stereocenters. The van der Waals surface area contributed by atoms with Gasteiger partial charge in [0.05, 0.1) is 5.60 Å². The largest absolute Gasteiger partial charge is 0.385 e. The first kappa shape index (κ1) is 16.4. The molecule has 5 heteroatoms. The third-order valence-corrected chi connectivity index (χ3v) is 5.24. The number of amides is 1. The van der Waals surface area contributed by atoms with Crippen LogP contribution in [0.2, 0.25) is 0 Å². The van der Waals surface area contributed by atoms with Crippen molar-refractivity contribution < 1.29 is 14.3 Å². The van der Waals surface area contributed by atoms with Gasteiger partial charge in [0.25, 0.3) is 0 Å². The minimum absolute atomic E-state index is 0.178. The van der Waals surface area contributed by atoms with Gasteiger partial charge in [0.1, 0.15) is 5.82 Å². The number of piperidine rings is 1. The van der Waals surface area contributed by atoms with Gasteiger partial charge in [-0.25, -0.2) is 4.39 Å². The fraction of sp³-hybridized carbons (Fsp3) is 0.611. The number of nitrogens with zero attached hydrogens (tertiary/aromatic N) is 1. The molecule has 1 saturated heterocycles. The molecule has 1 aromatic rings. The van der Waals surface area contributed by atoms with Crippen LogP contribution in [0.15, 0.2) is 24.3 Å². The summed E-state index contributed by atoms with van der Waals surface area (Å²) >= 11 is 0. The van der Waals surface area contributed by atoms with Crippen molar-refractivity contribution in [2.45, 2.75) is 31.8 Å². The van der Waals surface area contributed by atoms with Crippen molar-refractivity contribution in [3.05, 3.63) is 35.6 Å². The molecule has 0 unspecified atom stereocenters. The Morgan fingerprint density at radius 2 is 1.96 bits per heavy atom. The van der Waals surface area contributed by atoms with E-state index in [0.29, 0.717) is 25.3 Å². The van der Waals surface area contributed by atoms with E-state index < -0.39 is 5.60 Å². The molecule has 1 heterocycles. The van der Waals surface area contributed by atoms with Crippen LogP contribution in [0, 0.1) is 17.7 Å². The lowest BCUT2D eigenvalue weighted by atomic mass is 9.84. The van der Waals surface area contributed by atoms with Crippen molar-refractivity contribution in [3.63, 3.8) is 0 Å². The summed E-state index contributed by atoms with van der Waals surface area (Å²) in [6, 6.07) is 6.13. The summed E-state index contributed by atoms with van der Waals surface area (Å²) < 4.78 is 13.0. The highest BCUT2D eigenvalue weighted by molar-refractivity contribution is 5.81. The van der Waals surface area contributed by atoms with Gasteiger partial charge in [-0.05, 0) is 42.9 Å². The second-order valence-corrected chi connectivity index (χ2v) is 6.99. The number of hydrogen-bond donors (Lipinski definition) is 2. The number of halogens is 1. The molecule has 0 spiro atoms. The van der Waals surface area contributed by atoms with Gasteiger partial charge >= 0.3 is 0 Å². The van der Waals surface area contributed by atoms with Crippen molar-refractivity contribution in [1.29, 1.82) is 0 Å². The highest BCUT2D eigenvalue weighted by Gasteiger charge is 2.39. The van der Waals surface area contributed by atoms with Gasteiger partial charge in [-0.1, -0.05) is 19.1 Å². The minimum atomic E-state index is -0.864. The fourth-order valence-electron chi connectivity index (χ4n) is 3.35. The van der Waals surface area contributed by atoms with E-state index in [4.69, 9.17) is 0 Å². The van der Waals surface area contributed by atoms with E-state index in [0.717, 1.165) is 31.6 Å². The smallest absolute Gasteiger partial charge is 0.223 e. The summed E-state index contributed by atoms with van der Waals surface area (Å²) in [7, 11) is 0. The van der Waals surface area contributed by atoms with E-state index in [1.807, 2.05) is 0 Å². The predicted octanol–water partition coefficient (Wildman–Crippen LogP) is 1.88. The second-order valence-electron chi connectivity index (χ2n) is 6.99. The van der Waals surface area contributed by atoms with Gasteiger partial charge in [0.15, 0.2) is 0 Å². The Kier molecular flexibility index (Phi) is 4.69. The Morgan fingerprint density at radius 1 is 1.35 bits per heavy atom. The molecule has 1 aliphatic carbocycles. The van der Waals surface area contributed by atoms with Gasteiger partial charge in [-0.3, -0.25) is 4.79 Å². The standard InChI is InChI=1S/C18H25FN2O2/c1-13-12-16(13)17(22)20-8-11-21-9-6-18(23,7-10-21)14-2-4-15(19)5-3-14/h2-5,13,16,23H,6-12H2,1H3,(H,20,22)/t13-,16+/m1/s1. The summed E-state index contributed by atoms with van der Waals surface area (Å²) in [5.74, 6) is 0.656. The lowest BCUT2D eigenvalue weighted by Crippen LogP contribution is -2.45. The maximum Gasteiger partial charge on any atom is 0.223 e. The van der Waals surface area contributed by atoms with Crippen LogP contribution in [0.25, 0.3) is 0 Å². The summed E-state index contributed by atoms with van der Waals surface area (Å²) in [5.41, 5.74) is -0.0776. The highest BCUT2D eigenvalue weighted by Crippen LogP contribution is 2.37. The van der Waals surface area contributed by atoms with E-state index in [2.05, 4.69) is 17.1 Å². The first-order valence-electron chi connectivity index (χ1n) is 8.46. The molecule has 23 heavy (non-hydrogen) atoms. The second kappa shape index (κ2) is 6.57. The van der Waals surface area contributed by atoms with Crippen LogP contribution in [0.3, 0.4) is 0 Å². The zero-order valence-electron chi connectivity index (χ0n) is 13.6. The van der Waals surface area contributed by atoms with Crippen LogP contribution >= 0.6 is 0 Å². The summed E-state index contributed by atoms with van der Waals surface area (Å²) in [6.45, 7) is 5.14. The normalized spacial score (nSPS) is 26.7. The van der Waals surface area contributed by atoms with Crippen molar-refractivity contribution in [3.8, 4) is 0 Å². The number of rotatable bonds is 5. The fourth-order valence-corrected chi connectivity index (χ4v) is 3.35. The summed E-state index contributed by atoms with van der Waals surface area (Å²) in [4.78, 5) is 14.0. The molecule has 1 aromatic carbocycles. The molecule has 1 saturated carbocycles. The molecule has 2 fully saturated rings. The van der Waals surface area contributed by atoms with Gasteiger partial charge in [0.2, 0.25) is 5.91 Å². The topological polar surface area (TPSA) is 52.6 Å². The Balaban J connectivity index is 1.43. The average molecular weight is 320 g/mol. The maximum atomic E-state index is 13.0. The molecule has 2 N–H and O–H groups in total. The minimum Gasteiger partial charge on any atom is -0.385 e. The third kappa shape index (κ3) is 3.90. The van der Waals surface area contributed by atoms with Crippen LogP contribution in [-0.2, 0) is 10.4 Å². The predicted molar refractivity (Wildman–Crippen MR) is 86.3 cm³/mol. The van der Waals surface area contributed by atoms with Crippen LogP contribution in [0.5, 0.6) is 0 Å². The van der Waals surface area contributed by atoms with E-state index in [1.54, 1.807) is 12.1 Å². The molecule has 4 nitrogen and oxygen atoms in total. The molecule has 2 aliphatic rings. The molecule has 3 rings (SSSR count). The first-order valence-corrected chi connectivity index (χ1v) is 8.46. The maximum absolute atomic E-state index is 13.0. The van der Waals surface area contributed by atoms with Crippen LogP contribution in [0.4, 0.5) is 4.39 Å². The summed E-state index contributed by atoms with van der Waals surface area (Å²) in [6.07, 6.45) is 2.28. The van der Waals surface area contributed by atoms with E-state index in [-0.39, 0.29) is 17.6 Å². The van der Waals surface area contributed by atoms with Crippen molar-refractivity contribution >= 4 is 5.91 Å². The number of nitrogens with one attached hydrogen (secondary N) is 1. The molecule has 1 aliphatic heterocycles. The molecule has 0 bridgehead atoms. The van der Waals surface area contributed by atoms with E-state index >= 15 is 0 Å². The molecular formula is C18H25FN2O2.